The summed E-state index contributed by atoms with van der Waals surface area (Å²) in [6.45, 7) is 0. The molecule has 1 heterocycles. The SMILES string of the molecule is O=c1[nH]c2cc(CCCl)ccc2o1. The molecular weight excluding hydrogens is 190 g/mol. The molecule has 0 aliphatic carbocycles. The zero-order chi connectivity index (χ0) is 9.26. The molecule has 0 unspecified atom stereocenters. The average molecular weight is 198 g/mol. The summed E-state index contributed by atoms with van der Waals surface area (Å²) >= 11 is 5.60. The Morgan fingerprint density at radius 1 is 1.46 bits per heavy atom. The molecule has 0 spiro atoms. The van der Waals surface area contributed by atoms with Crippen LogP contribution in [0.5, 0.6) is 0 Å². The zero-order valence-corrected chi connectivity index (χ0v) is 7.60. The largest absolute Gasteiger partial charge is 0.417 e. The molecule has 0 saturated heterocycles. The second-order valence-corrected chi connectivity index (χ2v) is 3.16. The lowest BCUT2D eigenvalue weighted by atomic mass is 10.1. The van der Waals surface area contributed by atoms with Gasteiger partial charge in [0, 0.05) is 5.88 Å². The number of hydrogen-bond acceptors (Lipinski definition) is 2. The Balaban J connectivity index is 2.54. The quantitative estimate of drug-likeness (QED) is 0.748. The molecule has 0 radical (unpaired) electrons. The normalized spacial score (nSPS) is 10.8. The number of H-pyrrole nitrogens is 1. The van der Waals surface area contributed by atoms with Gasteiger partial charge in [-0.15, -0.1) is 11.6 Å². The highest BCUT2D eigenvalue weighted by atomic mass is 35.5. The molecule has 1 N–H and O–H groups in total. The predicted octanol–water partition coefficient (Wildman–Crippen LogP) is 1.90. The van der Waals surface area contributed by atoms with Crippen LogP contribution in [0.1, 0.15) is 5.56 Å². The van der Waals surface area contributed by atoms with E-state index in [1.54, 1.807) is 6.07 Å². The molecule has 0 atom stereocenters. The number of hydrogen-bond donors (Lipinski definition) is 1. The summed E-state index contributed by atoms with van der Waals surface area (Å²) in [6.07, 6.45) is 0.796. The molecule has 1 aromatic heterocycles. The van der Waals surface area contributed by atoms with E-state index in [0.29, 0.717) is 11.5 Å². The smallest absolute Gasteiger partial charge is 0.408 e. The van der Waals surface area contributed by atoms with E-state index < -0.39 is 5.76 Å². The van der Waals surface area contributed by atoms with Crippen LogP contribution in [-0.2, 0) is 6.42 Å². The van der Waals surface area contributed by atoms with Crippen LogP contribution in [0.15, 0.2) is 27.4 Å². The standard InChI is InChI=1S/C9H8ClNO2/c10-4-3-6-1-2-8-7(5-6)11-9(12)13-8/h1-2,5H,3-4H2,(H,11,12). The third kappa shape index (κ3) is 1.60. The molecule has 4 heteroatoms. The molecule has 0 saturated carbocycles. The molecule has 0 amide bonds. The number of aromatic amines is 1. The fourth-order valence-electron chi connectivity index (χ4n) is 1.26. The minimum atomic E-state index is -0.418. The second-order valence-electron chi connectivity index (χ2n) is 2.78. The Morgan fingerprint density at radius 2 is 2.31 bits per heavy atom. The minimum absolute atomic E-state index is 0.418. The Labute approximate surface area is 79.3 Å². The van der Waals surface area contributed by atoms with E-state index in [2.05, 4.69) is 4.98 Å². The molecule has 1 aromatic carbocycles. The van der Waals surface area contributed by atoms with Gasteiger partial charge in [-0.25, -0.2) is 4.79 Å². The van der Waals surface area contributed by atoms with Gasteiger partial charge in [0.1, 0.15) is 0 Å². The summed E-state index contributed by atoms with van der Waals surface area (Å²) in [4.78, 5) is 13.4. The maximum absolute atomic E-state index is 10.8. The van der Waals surface area contributed by atoms with E-state index in [9.17, 15) is 4.79 Å². The topological polar surface area (TPSA) is 46.0 Å². The van der Waals surface area contributed by atoms with E-state index in [4.69, 9.17) is 16.0 Å². The molecule has 3 nitrogen and oxygen atoms in total. The minimum Gasteiger partial charge on any atom is -0.408 e. The number of fused-ring (bicyclic) bond motifs is 1. The highest BCUT2D eigenvalue weighted by Crippen LogP contribution is 2.12. The fraction of sp³-hybridized carbons (Fsp3) is 0.222. The number of rotatable bonds is 2. The van der Waals surface area contributed by atoms with Crippen molar-refractivity contribution in [3.63, 3.8) is 0 Å². The maximum Gasteiger partial charge on any atom is 0.417 e. The van der Waals surface area contributed by atoms with Crippen molar-refractivity contribution in [3.8, 4) is 0 Å². The van der Waals surface area contributed by atoms with Crippen molar-refractivity contribution in [2.45, 2.75) is 6.42 Å². The molecule has 0 bridgehead atoms. The molecule has 0 aliphatic heterocycles. The highest BCUT2D eigenvalue weighted by molar-refractivity contribution is 6.18. The Kier molecular flexibility index (Phi) is 2.10. The van der Waals surface area contributed by atoms with E-state index in [-0.39, 0.29) is 0 Å². The zero-order valence-electron chi connectivity index (χ0n) is 6.84. The molecular formula is C9H8ClNO2. The summed E-state index contributed by atoms with van der Waals surface area (Å²) in [5.41, 5.74) is 2.41. The van der Waals surface area contributed by atoms with Crippen molar-refractivity contribution < 1.29 is 4.42 Å². The molecule has 2 aromatic rings. The summed E-state index contributed by atoms with van der Waals surface area (Å²) in [5.74, 6) is 0.158. The molecule has 13 heavy (non-hydrogen) atoms. The van der Waals surface area contributed by atoms with E-state index in [0.717, 1.165) is 17.5 Å². The van der Waals surface area contributed by atoms with Crippen molar-refractivity contribution in [1.29, 1.82) is 0 Å². The highest BCUT2D eigenvalue weighted by Gasteiger charge is 2.00. The van der Waals surface area contributed by atoms with Crippen molar-refractivity contribution in [3.05, 3.63) is 34.3 Å². The van der Waals surface area contributed by atoms with Gasteiger partial charge in [-0.05, 0) is 24.1 Å². The van der Waals surface area contributed by atoms with Gasteiger partial charge in [-0.1, -0.05) is 6.07 Å². The van der Waals surface area contributed by atoms with Gasteiger partial charge in [0.05, 0.1) is 5.52 Å². The van der Waals surface area contributed by atoms with Gasteiger partial charge in [0.2, 0.25) is 0 Å². The third-order valence-electron chi connectivity index (χ3n) is 1.87. The van der Waals surface area contributed by atoms with Crippen molar-refractivity contribution >= 4 is 22.7 Å². The third-order valence-corrected chi connectivity index (χ3v) is 2.06. The lowest BCUT2D eigenvalue weighted by Gasteiger charge is -1.95. The number of oxazole rings is 1. The fourth-order valence-corrected chi connectivity index (χ4v) is 1.48. The number of nitrogens with one attached hydrogen (secondary N) is 1. The lowest BCUT2D eigenvalue weighted by Crippen LogP contribution is -1.93. The van der Waals surface area contributed by atoms with Crippen molar-refractivity contribution in [1.82, 2.24) is 4.98 Å². The van der Waals surface area contributed by atoms with Crippen molar-refractivity contribution in [2.75, 3.05) is 5.88 Å². The van der Waals surface area contributed by atoms with E-state index in [1.165, 1.54) is 0 Å². The first kappa shape index (κ1) is 8.38. The average Bonchev–Trinajstić information content (AvgIpc) is 2.44. The van der Waals surface area contributed by atoms with E-state index in [1.807, 2.05) is 12.1 Å². The predicted molar refractivity (Wildman–Crippen MR) is 51.3 cm³/mol. The lowest BCUT2D eigenvalue weighted by molar-refractivity contribution is 0.555. The van der Waals surface area contributed by atoms with Gasteiger partial charge in [-0.2, -0.15) is 0 Å². The molecule has 68 valence electrons. The van der Waals surface area contributed by atoms with Crippen LogP contribution < -0.4 is 5.76 Å². The van der Waals surface area contributed by atoms with Crippen LogP contribution in [0.2, 0.25) is 0 Å². The van der Waals surface area contributed by atoms with Crippen LogP contribution in [0.25, 0.3) is 11.1 Å². The van der Waals surface area contributed by atoms with Gasteiger partial charge < -0.3 is 4.42 Å². The summed E-state index contributed by atoms with van der Waals surface area (Å²) < 4.78 is 4.86. The van der Waals surface area contributed by atoms with Gasteiger partial charge in [0.25, 0.3) is 0 Å². The molecule has 0 aliphatic rings. The second kappa shape index (κ2) is 3.26. The Bertz CT molecular complexity index is 472. The first-order valence-electron chi connectivity index (χ1n) is 3.97. The van der Waals surface area contributed by atoms with Gasteiger partial charge in [0.15, 0.2) is 5.58 Å². The first-order chi connectivity index (χ1) is 6.29. The Morgan fingerprint density at radius 3 is 3.08 bits per heavy atom. The van der Waals surface area contributed by atoms with Gasteiger partial charge in [-0.3, -0.25) is 4.98 Å². The molecule has 2 rings (SSSR count). The van der Waals surface area contributed by atoms with Gasteiger partial charge >= 0.3 is 5.76 Å². The monoisotopic (exact) mass is 197 g/mol. The first-order valence-corrected chi connectivity index (χ1v) is 4.51. The molecule has 0 fully saturated rings. The maximum atomic E-state index is 10.8. The summed E-state index contributed by atoms with van der Waals surface area (Å²) in [6, 6.07) is 5.55. The van der Waals surface area contributed by atoms with Crippen LogP contribution in [0.3, 0.4) is 0 Å². The number of alkyl halides is 1. The Hall–Kier alpha value is -1.22. The van der Waals surface area contributed by atoms with Crippen LogP contribution in [0, 0.1) is 0 Å². The number of halogens is 1. The summed E-state index contributed by atoms with van der Waals surface area (Å²) in [5, 5.41) is 0. The number of aryl methyl sites for hydroxylation is 1. The van der Waals surface area contributed by atoms with Crippen LogP contribution in [0.4, 0.5) is 0 Å². The number of benzene rings is 1. The number of aromatic nitrogens is 1. The summed E-state index contributed by atoms with van der Waals surface area (Å²) in [7, 11) is 0. The van der Waals surface area contributed by atoms with Crippen LogP contribution >= 0.6 is 11.6 Å². The van der Waals surface area contributed by atoms with E-state index >= 15 is 0 Å². The van der Waals surface area contributed by atoms with Crippen LogP contribution in [-0.4, -0.2) is 10.9 Å². The van der Waals surface area contributed by atoms with Crippen molar-refractivity contribution in [2.24, 2.45) is 0 Å².